The van der Waals surface area contributed by atoms with E-state index in [0.29, 0.717) is 10.9 Å². The zero-order chi connectivity index (χ0) is 20.2. The fraction of sp³-hybridized carbons (Fsp3) is 0.500. The number of thioether (sulfide) groups is 1. The highest BCUT2D eigenvalue weighted by atomic mass is 32.2. The Bertz CT molecular complexity index is 952. The fourth-order valence-corrected chi connectivity index (χ4v) is 5.63. The van der Waals surface area contributed by atoms with Gasteiger partial charge in [0.2, 0.25) is 5.16 Å². The lowest BCUT2D eigenvalue weighted by Gasteiger charge is -2.09. The third-order valence-corrected chi connectivity index (χ3v) is 7.62. The summed E-state index contributed by atoms with van der Waals surface area (Å²) in [6.07, 6.45) is 7.24. The van der Waals surface area contributed by atoms with Crippen LogP contribution in [0.2, 0.25) is 0 Å². The number of carbonyl (C=O) groups is 1. The van der Waals surface area contributed by atoms with Gasteiger partial charge in [0.15, 0.2) is 5.78 Å². The zero-order valence-corrected chi connectivity index (χ0v) is 18.7. The average Bonchev–Trinajstić information content (AvgIpc) is 3.49. The van der Waals surface area contributed by atoms with E-state index in [4.69, 9.17) is 0 Å². The summed E-state index contributed by atoms with van der Waals surface area (Å²) < 4.78 is 2.25. The maximum Gasteiger partial charge on any atom is 0.208 e. The smallest absolute Gasteiger partial charge is 0.208 e. The van der Waals surface area contributed by atoms with E-state index < -0.39 is 0 Å². The molecule has 1 aliphatic carbocycles. The number of hydrogen-bond donors (Lipinski definition) is 1. The SMILES string of the molecule is Cc1cc(C(=O)CSc2n[nH]c(CC3CCCC3)n2)c(C)n1CCc1cccs1. The number of thiophene rings is 1. The second-order valence-corrected chi connectivity index (χ2v) is 9.87. The van der Waals surface area contributed by atoms with E-state index in [9.17, 15) is 4.79 Å². The highest BCUT2D eigenvalue weighted by Crippen LogP contribution is 2.27. The molecule has 0 aliphatic heterocycles. The molecule has 0 saturated heterocycles. The number of H-pyrrole nitrogens is 1. The molecule has 1 aliphatic rings. The van der Waals surface area contributed by atoms with Gasteiger partial charge in [-0.3, -0.25) is 9.89 Å². The van der Waals surface area contributed by atoms with Gasteiger partial charge in [-0.1, -0.05) is 43.5 Å². The van der Waals surface area contributed by atoms with Crippen molar-refractivity contribution in [3.05, 3.63) is 51.2 Å². The molecule has 3 aromatic heterocycles. The average molecular weight is 429 g/mol. The molecule has 0 unspecified atom stereocenters. The number of rotatable bonds is 9. The molecule has 0 aromatic carbocycles. The highest BCUT2D eigenvalue weighted by Gasteiger charge is 2.19. The molecule has 1 N–H and O–H groups in total. The van der Waals surface area contributed by atoms with Crippen LogP contribution < -0.4 is 0 Å². The van der Waals surface area contributed by atoms with E-state index in [-0.39, 0.29) is 5.78 Å². The summed E-state index contributed by atoms with van der Waals surface area (Å²) in [5.74, 6) is 2.21. The van der Waals surface area contributed by atoms with Crippen molar-refractivity contribution in [2.24, 2.45) is 5.92 Å². The second-order valence-electron chi connectivity index (χ2n) is 7.90. The van der Waals surface area contributed by atoms with Gasteiger partial charge in [-0.05, 0) is 43.7 Å². The number of nitrogens with zero attached hydrogens (tertiary/aromatic N) is 3. The molecule has 0 atom stereocenters. The first-order valence-electron chi connectivity index (χ1n) is 10.4. The molecule has 3 aromatic rings. The third kappa shape index (κ3) is 5.01. The number of nitrogens with one attached hydrogen (secondary N) is 1. The van der Waals surface area contributed by atoms with E-state index in [1.54, 1.807) is 11.3 Å². The van der Waals surface area contributed by atoms with Crippen LogP contribution in [0.15, 0.2) is 28.7 Å². The number of carbonyl (C=O) groups excluding carboxylic acids is 1. The van der Waals surface area contributed by atoms with Crippen molar-refractivity contribution in [3.8, 4) is 0 Å². The van der Waals surface area contributed by atoms with Gasteiger partial charge in [-0.15, -0.1) is 16.4 Å². The van der Waals surface area contributed by atoms with Crippen molar-refractivity contribution in [2.75, 3.05) is 5.75 Å². The molecule has 154 valence electrons. The van der Waals surface area contributed by atoms with Crippen molar-refractivity contribution < 1.29 is 4.79 Å². The molecule has 3 heterocycles. The summed E-state index contributed by atoms with van der Waals surface area (Å²) in [5.41, 5.74) is 3.02. The van der Waals surface area contributed by atoms with Gasteiger partial charge < -0.3 is 4.57 Å². The summed E-state index contributed by atoms with van der Waals surface area (Å²) in [5, 5.41) is 10.1. The van der Waals surface area contributed by atoms with Crippen LogP contribution in [0.3, 0.4) is 0 Å². The molecule has 0 spiro atoms. The number of aryl methyl sites for hydroxylation is 2. The predicted octanol–water partition coefficient (Wildman–Crippen LogP) is 5.23. The van der Waals surface area contributed by atoms with Gasteiger partial charge in [0.25, 0.3) is 0 Å². The lowest BCUT2D eigenvalue weighted by molar-refractivity contribution is 0.102. The number of aromatic nitrogens is 4. The number of hydrogen-bond acceptors (Lipinski definition) is 5. The van der Waals surface area contributed by atoms with Gasteiger partial charge in [-0.25, -0.2) is 4.98 Å². The molecule has 0 radical (unpaired) electrons. The van der Waals surface area contributed by atoms with Gasteiger partial charge >= 0.3 is 0 Å². The minimum atomic E-state index is 0.146. The second kappa shape index (κ2) is 9.30. The monoisotopic (exact) mass is 428 g/mol. The lowest BCUT2D eigenvalue weighted by atomic mass is 10.0. The van der Waals surface area contributed by atoms with E-state index >= 15 is 0 Å². The molecule has 0 bridgehead atoms. The first kappa shape index (κ1) is 20.4. The molecule has 7 heteroatoms. The molecule has 5 nitrogen and oxygen atoms in total. The summed E-state index contributed by atoms with van der Waals surface area (Å²) >= 11 is 3.21. The largest absolute Gasteiger partial charge is 0.348 e. The number of aromatic amines is 1. The maximum absolute atomic E-state index is 12.8. The van der Waals surface area contributed by atoms with E-state index in [2.05, 4.69) is 44.2 Å². The van der Waals surface area contributed by atoms with Gasteiger partial charge in [0.05, 0.1) is 5.75 Å². The van der Waals surface area contributed by atoms with E-state index in [1.807, 2.05) is 13.0 Å². The number of Topliss-reactive ketones (excluding diaryl/α,β-unsaturated/α-hetero) is 1. The van der Waals surface area contributed by atoms with E-state index in [0.717, 1.165) is 48.1 Å². The minimum Gasteiger partial charge on any atom is -0.348 e. The molecule has 29 heavy (non-hydrogen) atoms. The maximum atomic E-state index is 12.8. The third-order valence-electron chi connectivity index (χ3n) is 5.84. The normalized spacial score (nSPS) is 14.7. The quantitative estimate of drug-likeness (QED) is 0.374. The molecule has 0 amide bonds. The van der Waals surface area contributed by atoms with Crippen LogP contribution in [0.4, 0.5) is 0 Å². The predicted molar refractivity (Wildman–Crippen MR) is 119 cm³/mol. The van der Waals surface area contributed by atoms with Crippen molar-refractivity contribution in [3.63, 3.8) is 0 Å². The van der Waals surface area contributed by atoms with Crippen LogP contribution >= 0.6 is 23.1 Å². The van der Waals surface area contributed by atoms with Crippen LogP contribution in [0.5, 0.6) is 0 Å². The Morgan fingerprint density at radius 2 is 2.17 bits per heavy atom. The summed E-state index contributed by atoms with van der Waals surface area (Å²) in [6.45, 7) is 5.03. The van der Waals surface area contributed by atoms with Crippen molar-refractivity contribution in [1.29, 1.82) is 0 Å². The van der Waals surface area contributed by atoms with Crippen LogP contribution in [0.1, 0.15) is 58.1 Å². The van der Waals surface area contributed by atoms with Crippen LogP contribution in [0, 0.1) is 19.8 Å². The van der Waals surface area contributed by atoms with Gasteiger partial charge in [-0.2, -0.15) is 0 Å². The van der Waals surface area contributed by atoms with E-state index in [1.165, 1.54) is 42.3 Å². The molecular weight excluding hydrogens is 400 g/mol. The molecule has 4 rings (SSSR count). The summed E-state index contributed by atoms with van der Waals surface area (Å²) in [6, 6.07) is 6.28. The first-order valence-corrected chi connectivity index (χ1v) is 12.2. The van der Waals surface area contributed by atoms with Crippen LogP contribution in [0.25, 0.3) is 0 Å². The van der Waals surface area contributed by atoms with Gasteiger partial charge in [0, 0.05) is 34.8 Å². The Morgan fingerprint density at radius 3 is 2.93 bits per heavy atom. The van der Waals surface area contributed by atoms with Crippen molar-refractivity contribution >= 4 is 28.9 Å². The summed E-state index contributed by atoms with van der Waals surface area (Å²) in [4.78, 5) is 18.8. The van der Waals surface area contributed by atoms with Crippen LogP contribution in [-0.4, -0.2) is 31.3 Å². The Kier molecular flexibility index (Phi) is 6.55. The topological polar surface area (TPSA) is 63.6 Å². The number of ketones is 1. The Balaban J connectivity index is 1.33. The zero-order valence-electron chi connectivity index (χ0n) is 17.1. The molecular formula is C22H28N4OS2. The van der Waals surface area contributed by atoms with Crippen molar-refractivity contribution in [2.45, 2.75) is 64.1 Å². The molecule has 1 saturated carbocycles. The standard InChI is InChI=1S/C22H28N4OS2/c1-15-12-19(16(2)26(15)10-9-18-8-5-11-28-18)20(27)14-29-22-23-21(24-25-22)13-17-6-3-4-7-17/h5,8,11-12,17H,3-4,6-7,9-10,13-14H2,1-2H3,(H,23,24,25). The first-order chi connectivity index (χ1) is 14.1. The van der Waals surface area contributed by atoms with Crippen molar-refractivity contribution in [1.82, 2.24) is 19.7 Å². The Morgan fingerprint density at radius 1 is 1.34 bits per heavy atom. The highest BCUT2D eigenvalue weighted by molar-refractivity contribution is 7.99. The summed E-state index contributed by atoms with van der Waals surface area (Å²) in [7, 11) is 0. The lowest BCUT2D eigenvalue weighted by Crippen LogP contribution is -2.08. The van der Waals surface area contributed by atoms with Crippen LogP contribution in [-0.2, 0) is 19.4 Å². The van der Waals surface area contributed by atoms with Gasteiger partial charge in [0.1, 0.15) is 5.82 Å². The molecule has 1 fully saturated rings. The minimum absolute atomic E-state index is 0.146. The Labute approximate surface area is 180 Å². The fourth-order valence-electron chi connectivity index (χ4n) is 4.23. The Hall–Kier alpha value is -1.86.